The smallest absolute Gasteiger partial charge is 0.217 e. The minimum Gasteiger partial charge on any atom is -0.394 e. The Kier molecular flexibility index (Phi) is 41.1. The highest BCUT2D eigenvalue weighted by molar-refractivity contribution is 5.75. The van der Waals surface area contributed by atoms with Gasteiger partial charge in [-0.15, -0.1) is 0 Å². The van der Waals surface area contributed by atoms with E-state index in [9.17, 15) is 172 Å². The molecule has 0 saturated carbocycles. The maximum absolute atomic E-state index is 13.4. The van der Waals surface area contributed by atoms with E-state index in [1.165, 1.54) is 6.92 Å². The number of nitrogens with one attached hydrogen (secondary N) is 6. The second kappa shape index (κ2) is 50.0. The summed E-state index contributed by atoms with van der Waals surface area (Å²) in [5.41, 5.74) is 0. The summed E-state index contributed by atoms with van der Waals surface area (Å²) >= 11 is 0. The number of carbonyl (C=O) groups is 6. The first-order valence-corrected chi connectivity index (χ1v) is 44.5. The Morgan fingerprint density at radius 2 is 0.446 bits per heavy atom. The standard InChI is InChI=1S/C78H130N6O55/c1-18-41(99)54(112)57(115)74(121-18)139-66-55(113)45(103)28(11-88)126-77(66)135-62-31(14-91)128-73(40(53(62)111)84-24(7)98)133-63-32(15-92)129-78(67(58(63)116)138-71-38(82-22(5)96)50(108)44(102)27(10-87)125-71)136-64-47(105)34(130-75(59(64)117)134-61-30(13-90)127-72(39(52(61)110)83-23(6)97)132-60-29(12-89)122-68(118)35(51(60)109)79-19(2)93)17-120-76-65(137-70-37(81-21(4)95)49(107)43(101)26(9-86)124-70)56(114)46(104)33(131-76)16-119-69-36(80-20(3)94)48(106)42(100)25(8-85)123-69/h18,25-78,85-92,99-118H,8-17H2,1-7H3,(H,79,93)(H,80,94)(H,81,95)(H,82,96)(H,83,97)(H,84,98)/t18-,25+,26+,27+,28+,29+,30+,31+,32+,33+,34+,35+,36+,37+,38+,39+,40+,41+,42+,43+,44+,45-,46+,47+,48+,49+,50+,51+,52+,53+,54+,55-,56-,57-,58-,59-,60+,61+,62+,63+,64-,65-,66+,67-,68+,69+,70-,71-,72-,73-,74-,75-,76-,77-,78+/m0/s1. The maximum Gasteiger partial charge on any atom is 0.217 e. The molecule has 0 aromatic carbocycles. The van der Waals surface area contributed by atoms with Gasteiger partial charge in [0, 0.05) is 41.5 Å². The van der Waals surface area contributed by atoms with Crippen molar-refractivity contribution >= 4 is 35.4 Å². The highest BCUT2D eigenvalue weighted by Gasteiger charge is 2.63. The second-order valence-corrected chi connectivity index (χ2v) is 35.3. The van der Waals surface area contributed by atoms with Crippen molar-refractivity contribution in [3.63, 3.8) is 0 Å². The Labute approximate surface area is 788 Å². The summed E-state index contributed by atoms with van der Waals surface area (Å²) < 4.78 is 127. The molecular weight excluding hydrogens is 1900 g/mol. The molecule has 0 bridgehead atoms. The summed E-state index contributed by atoms with van der Waals surface area (Å²) in [4.78, 5) is 77.3. The molecule has 61 heteroatoms. The van der Waals surface area contributed by atoms with E-state index in [0.717, 1.165) is 41.5 Å². The van der Waals surface area contributed by atoms with Gasteiger partial charge in [-0.2, -0.15) is 0 Å². The van der Waals surface area contributed by atoms with E-state index < -0.39 is 439 Å². The molecule has 0 spiro atoms. The fraction of sp³-hybridized carbons (Fsp3) is 0.923. The first kappa shape index (κ1) is 114. The molecule has 0 aliphatic carbocycles. The van der Waals surface area contributed by atoms with Gasteiger partial charge >= 0.3 is 0 Å². The van der Waals surface area contributed by atoms with Crippen molar-refractivity contribution < 1.29 is 271 Å². The van der Waals surface area contributed by atoms with Crippen LogP contribution in [-0.2, 0) is 128 Å². The molecule has 11 aliphatic heterocycles. The van der Waals surface area contributed by atoms with Crippen LogP contribution in [0.15, 0.2) is 0 Å². The zero-order valence-electron chi connectivity index (χ0n) is 75.4. The topological polar surface area (TPSA) is 935 Å². The van der Waals surface area contributed by atoms with Gasteiger partial charge in [-0.3, -0.25) is 28.8 Å². The molecule has 6 amide bonds. The maximum atomic E-state index is 13.4. The molecule has 0 unspecified atom stereocenters. The quantitative estimate of drug-likeness (QED) is 0.0277. The highest BCUT2D eigenvalue weighted by Crippen LogP contribution is 2.42. The van der Waals surface area contributed by atoms with E-state index in [4.69, 9.17) is 99.5 Å². The third-order valence-electron chi connectivity index (χ3n) is 25.3. The van der Waals surface area contributed by atoms with Gasteiger partial charge in [0.25, 0.3) is 0 Å². The Morgan fingerprint density at radius 1 is 0.201 bits per heavy atom. The van der Waals surface area contributed by atoms with Crippen molar-refractivity contribution in [3.05, 3.63) is 0 Å². The predicted molar refractivity (Wildman–Crippen MR) is 430 cm³/mol. The van der Waals surface area contributed by atoms with Gasteiger partial charge in [0.1, 0.15) is 262 Å². The minimum absolute atomic E-state index is 0.828. The molecule has 61 nitrogen and oxygen atoms in total. The molecule has 139 heavy (non-hydrogen) atoms. The zero-order chi connectivity index (χ0) is 102. The number of hydrogen-bond acceptors (Lipinski definition) is 55. The number of rotatable bonds is 36. The van der Waals surface area contributed by atoms with Gasteiger partial charge in [0.2, 0.25) is 35.4 Å². The normalized spacial score (nSPS) is 48.3. The summed E-state index contributed by atoms with van der Waals surface area (Å²) in [6, 6.07) is -11.4. The molecule has 55 atom stereocenters. The van der Waals surface area contributed by atoms with Crippen molar-refractivity contribution in [1.82, 2.24) is 31.9 Å². The number of carbonyl (C=O) groups excluding carboxylic acids is 6. The lowest BCUT2D eigenvalue weighted by atomic mass is 9.93. The Hall–Kier alpha value is -5.14. The van der Waals surface area contributed by atoms with Crippen LogP contribution in [0.4, 0.5) is 0 Å². The summed E-state index contributed by atoms with van der Waals surface area (Å²) in [5.74, 6) is -5.63. The van der Waals surface area contributed by atoms with Gasteiger partial charge in [-0.25, -0.2) is 0 Å². The van der Waals surface area contributed by atoms with Crippen LogP contribution < -0.4 is 31.9 Å². The molecule has 11 aliphatic rings. The van der Waals surface area contributed by atoms with Crippen molar-refractivity contribution in [3.8, 4) is 0 Å². The lowest BCUT2D eigenvalue weighted by Gasteiger charge is -2.52. The molecule has 0 aromatic heterocycles. The van der Waals surface area contributed by atoms with Crippen LogP contribution in [0, 0.1) is 0 Å². The van der Waals surface area contributed by atoms with Crippen LogP contribution in [0.25, 0.3) is 0 Å². The van der Waals surface area contributed by atoms with Gasteiger partial charge < -0.3 is 274 Å². The van der Waals surface area contributed by atoms with Crippen molar-refractivity contribution in [2.45, 2.75) is 386 Å². The first-order valence-electron chi connectivity index (χ1n) is 44.5. The average molecular weight is 2030 g/mol. The third kappa shape index (κ3) is 25.8. The van der Waals surface area contributed by atoms with E-state index in [1.54, 1.807) is 0 Å². The van der Waals surface area contributed by atoms with E-state index in [1.807, 2.05) is 0 Å². The minimum atomic E-state index is -2.74. The van der Waals surface area contributed by atoms with Crippen LogP contribution in [0.3, 0.4) is 0 Å². The number of aliphatic hydroxyl groups excluding tert-OH is 28. The fourth-order valence-corrected chi connectivity index (χ4v) is 18.1. The zero-order valence-corrected chi connectivity index (χ0v) is 75.4. The monoisotopic (exact) mass is 2030 g/mol. The van der Waals surface area contributed by atoms with E-state index >= 15 is 0 Å². The molecule has 0 radical (unpaired) electrons. The van der Waals surface area contributed by atoms with Gasteiger partial charge in [0.05, 0.1) is 72.2 Å². The lowest BCUT2D eigenvalue weighted by Crippen LogP contribution is -2.71. The Morgan fingerprint density at radius 3 is 0.849 bits per heavy atom. The molecule has 802 valence electrons. The Bertz CT molecular complexity index is 3900. The number of hydrogen-bond donors (Lipinski definition) is 34. The van der Waals surface area contributed by atoms with Gasteiger partial charge in [0.15, 0.2) is 69.2 Å². The van der Waals surface area contributed by atoms with E-state index in [-0.39, 0.29) is 0 Å². The highest BCUT2D eigenvalue weighted by atomic mass is 16.8. The van der Waals surface area contributed by atoms with Crippen LogP contribution in [0.5, 0.6) is 0 Å². The lowest BCUT2D eigenvalue weighted by molar-refractivity contribution is -0.406. The van der Waals surface area contributed by atoms with Gasteiger partial charge in [-0.1, -0.05) is 0 Å². The average Bonchev–Trinajstić information content (AvgIpc) is 0.755. The SMILES string of the molecule is CC(=O)N[C@@H]1[C@@H](O)[C@H](O[C@@H]2O[C@H](CO)[C@@H](O[C@@H]3O[C@H](CO[C@H]4O[C@H](CO[C@@H]5O[C@H](CO)[C@@H](O)[C@H](O)[C@H]5NC(C)=O)[C@@H](O)[C@H](O)[C@@H]4O[C@@H]4O[C@H](CO)[C@@H](O)[C@H](O)[C@H]4NC(C)=O)[C@@H](O)[C@H](O[C@H]4O[C@H](CO)[C@@H](O[C@@H]5O[C@H](CO)[C@@H](O[C@@H]6O[C@H](CO)[C@H](O)[C@H](O)[C@H]6O[C@@H]6O[C@@H](C)[C@@H](O)[C@@H](O)[C@@H]6O)[C@H](O)[C@H]5NC(C)=O)[C@H](O)[C@@H]4O[C@@H]4O[C@H](CO)[C@@H](O)[C@H](O)[C@H]4NC(C)=O)[C@@H]3O)[C@H](O)[C@H]2NC(C)=O)[C@@H](CO)O[C@H]1O. The van der Waals surface area contributed by atoms with E-state index in [0.29, 0.717) is 0 Å². The summed E-state index contributed by atoms with van der Waals surface area (Å²) in [5, 5.41) is 333. The van der Waals surface area contributed by atoms with Crippen LogP contribution in [0.1, 0.15) is 48.5 Å². The molecular formula is C78H130N6O55. The summed E-state index contributed by atoms with van der Waals surface area (Å²) in [6.07, 6.45) is -105. The Balaban J connectivity index is 0.983. The van der Waals surface area contributed by atoms with Crippen molar-refractivity contribution in [2.75, 3.05) is 66.1 Å². The van der Waals surface area contributed by atoms with Crippen molar-refractivity contribution in [2.24, 2.45) is 0 Å². The number of amides is 6. The molecule has 11 rings (SSSR count). The number of ether oxygens (including phenoxy) is 21. The van der Waals surface area contributed by atoms with Crippen LogP contribution in [-0.4, -0.2) is 582 Å². The summed E-state index contributed by atoms with van der Waals surface area (Å²) in [6.45, 7) is -4.80. The first-order chi connectivity index (χ1) is 65.7. The summed E-state index contributed by atoms with van der Waals surface area (Å²) in [7, 11) is 0. The second-order valence-electron chi connectivity index (χ2n) is 35.3. The molecule has 0 aromatic rings. The molecule has 34 N–H and O–H groups in total. The molecule has 11 saturated heterocycles. The van der Waals surface area contributed by atoms with E-state index in [2.05, 4.69) is 31.9 Å². The van der Waals surface area contributed by atoms with Crippen LogP contribution in [0.2, 0.25) is 0 Å². The van der Waals surface area contributed by atoms with Gasteiger partial charge in [-0.05, 0) is 6.92 Å². The molecule has 11 heterocycles. The van der Waals surface area contributed by atoms with Crippen LogP contribution >= 0.6 is 0 Å². The van der Waals surface area contributed by atoms with Crippen molar-refractivity contribution in [1.29, 1.82) is 0 Å². The number of aliphatic hydroxyl groups is 28. The largest absolute Gasteiger partial charge is 0.394 e. The molecule has 11 fully saturated rings. The fourth-order valence-electron chi connectivity index (χ4n) is 18.1. The predicted octanol–water partition coefficient (Wildman–Crippen LogP) is -23.1. The third-order valence-corrected chi connectivity index (χ3v) is 25.3.